The third-order valence-corrected chi connectivity index (χ3v) is 4.58. The molecular formula is C20H23N5O2. The maximum absolute atomic E-state index is 12.8. The Bertz CT molecular complexity index is 972. The topological polar surface area (TPSA) is 81.8 Å². The predicted molar refractivity (Wildman–Crippen MR) is 101 cm³/mol. The minimum Gasteiger partial charge on any atom is -0.340 e. The number of nitrogens with zero attached hydrogens (tertiary/aromatic N) is 4. The van der Waals surface area contributed by atoms with Crippen LogP contribution in [0.25, 0.3) is 0 Å². The number of nitrogens with one attached hydrogen (secondary N) is 1. The van der Waals surface area contributed by atoms with E-state index in [-0.39, 0.29) is 24.3 Å². The van der Waals surface area contributed by atoms with Crippen LogP contribution in [0, 0.1) is 13.8 Å². The van der Waals surface area contributed by atoms with E-state index in [1.54, 1.807) is 24.7 Å². The first-order valence-corrected chi connectivity index (χ1v) is 8.75. The lowest BCUT2D eigenvalue weighted by Crippen LogP contribution is -2.34. The Morgan fingerprint density at radius 2 is 1.89 bits per heavy atom. The first kappa shape index (κ1) is 18.6. The summed E-state index contributed by atoms with van der Waals surface area (Å²) in [6, 6.07) is 9.32. The molecule has 3 rings (SSSR count). The number of imidazole rings is 1. The molecule has 0 spiro atoms. The van der Waals surface area contributed by atoms with Crippen LogP contribution < -0.4 is 5.32 Å². The minimum atomic E-state index is -0.372. The number of Topliss-reactive ketones (excluding diaryl/α,β-unsaturated/α-hetero) is 1. The number of carbonyl (C=O) groups excluding carboxylic acids is 2. The summed E-state index contributed by atoms with van der Waals surface area (Å²) in [7, 11) is 1.89. The first-order valence-electron chi connectivity index (χ1n) is 8.75. The van der Waals surface area contributed by atoms with Crippen molar-refractivity contribution in [1.29, 1.82) is 0 Å². The zero-order valence-electron chi connectivity index (χ0n) is 15.9. The van der Waals surface area contributed by atoms with Gasteiger partial charge in [0, 0.05) is 25.1 Å². The summed E-state index contributed by atoms with van der Waals surface area (Å²) in [5.41, 5.74) is 2.85. The molecule has 1 N–H and O–H groups in total. The Balaban J connectivity index is 1.85. The van der Waals surface area contributed by atoms with E-state index in [1.165, 1.54) is 6.92 Å². The van der Waals surface area contributed by atoms with E-state index < -0.39 is 0 Å². The number of hydrogen-bond acceptors (Lipinski definition) is 4. The van der Waals surface area contributed by atoms with E-state index in [9.17, 15) is 9.59 Å². The molecule has 1 aromatic carbocycles. The highest BCUT2D eigenvalue weighted by Crippen LogP contribution is 2.20. The molecule has 1 unspecified atom stereocenters. The zero-order chi connectivity index (χ0) is 19.6. The van der Waals surface area contributed by atoms with Gasteiger partial charge in [0.25, 0.3) is 0 Å². The number of rotatable bonds is 6. The van der Waals surface area contributed by atoms with E-state index in [2.05, 4.69) is 15.4 Å². The van der Waals surface area contributed by atoms with Gasteiger partial charge in [-0.25, -0.2) is 4.98 Å². The number of amides is 1. The average molecular weight is 365 g/mol. The Morgan fingerprint density at radius 3 is 2.44 bits per heavy atom. The normalized spacial score (nSPS) is 12.0. The van der Waals surface area contributed by atoms with Gasteiger partial charge in [0.1, 0.15) is 18.4 Å². The van der Waals surface area contributed by atoms with E-state index >= 15 is 0 Å². The third-order valence-electron chi connectivity index (χ3n) is 4.58. The Morgan fingerprint density at radius 1 is 1.19 bits per heavy atom. The second-order valence-corrected chi connectivity index (χ2v) is 6.57. The fourth-order valence-corrected chi connectivity index (χ4v) is 3.30. The van der Waals surface area contributed by atoms with Crippen molar-refractivity contribution in [3.8, 4) is 0 Å². The van der Waals surface area contributed by atoms with Gasteiger partial charge >= 0.3 is 0 Å². The molecule has 1 amide bonds. The molecular weight excluding hydrogens is 342 g/mol. The van der Waals surface area contributed by atoms with Crippen LogP contribution in [0.3, 0.4) is 0 Å². The van der Waals surface area contributed by atoms with Gasteiger partial charge in [-0.3, -0.25) is 14.3 Å². The van der Waals surface area contributed by atoms with Gasteiger partial charge in [-0.15, -0.1) is 0 Å². The molecule has 2 aromatic heterocycles. The van der Waals surface area contributed by atoms with Gasteiger partial charge in [-0.05, 0) is 26.3 Å². The van der Waals surface area contributed by atoms with Gasteiger partial charge in [0.15, 0.2) is 5.78 Å². The molecule has 0 radical (unpaired) electrons. The molecule has 0 fully saturated rings. The van der Waals surface area contributed by atoms with Crippen molar-refractivity contribution in [3.05, 3.63) is 71.1 Å². The maximum atomic E-state index is 12.8. The zero-order valence-corrected chi connectivity index (χ0v) is 15.9. The van der Waals surface area contributed by atoms with Gasteiger partial charge in [0.05, 0.1) is 11.3 Å². The molecule has 1 atom stereocenters. The van der Waals surface area contributed by atoms with Crippen molar-refractivity contribution in [2.45, 2.75) is 33.4 Å². The highest BCUT2D eigenvalue weighted by molar-refractivity contribution is 5.96. The van der Waals surface area contributed by atoms with Crippen molar-refractivity contribution in [2.24, 2.45) is 7.05 Å². The van der Waals surface area contributed by atoms with Gasteiger partial charge in [-0.1, -0.05) is 30.3 Å². The van der Waals surface area contributed by atoms with Crippen LogP contribution in [-0.4, -0.2) is 31.0 Å². The van der Waals surface area contributed by atoms with E-state index in [1.807, 2.05) is 48.1 Å². The molecule has 0 aliphatic rings. The Kier molecular flexibility index (Phi) is 5.21. The summed E-state index contributed by atoms with van der Waals surface area (Å²) in [6.07, 6.45) is 3.55. The number of hydrogen-bond donors (Lipinski definition) is 1. The molecule has 140 valence electrons. The predicted octanol–water partition coefficient (Wildman–Crippen LogP) is 2.34. The molecule has 27 heavy (non-hydrogen) atoms. The lowest BCUT2D eigenvalue weighted by atomic mass is 10.1. The molecule has 7 nitrogen and oxygen atoms in total. The van der Waals surface area contributed by atoms with Crippen LogP contribution in [0.2, 0.25) is 0 Å². The molecule has 2 heterocycles. The summed E-state index contributed by atoms with van der Waals surface area (Å²) < 4.78 is 3.46. The van der Waals surface area contributed by atoms with E-state index in [0.717, 1.165) is 11.4 Å². The standard InChI is InChI=1S/C20H23N5O2/c1-13-18(15(3)26)14(2)25(23-13)12-17(27)22-19(16-8-6-5-7-9-16)20-21-10-11-24(20)4/h5-11,19H,12H2,1-4H3,(H,22,27). The molecule has 0 aliphatic carbocycles. The van der Waals surface area contributed by atoms with Gasteiger partial charge in [0.2, 0.25) is 5.91 Å². The van der Waals surface area contributed by atoms with Crippen molar-refractivity contribution >= 4 is 11.7 Å². The fourth-order valence-electron chi connectivity index (χ4n) is 3.30. The number of aryl methyl sites for hydroxylation is 2. The van der Waals surface area contributed by atoms with Crippen LogP contribution in [-0.2, 0) is 18.4 Å². The summed E-state index contributed by atoms with van der Waals surface area (Å²) in [5, 5.41) is 7.39. The van der Waals surface area contributed by atoms with E-state index in [4.69, 9.17) is 0 Å². The smallest absolute Gasteiger partial charge is 0.242 e. The van der Waals surface area contributed by atoms with Crippen molar-refractivity contribution in [3.63, 3.8) is 0 Å². The molecule has 0 saturated heterocycles. The monoisotopic (exact) mass is 365 g/mol. The van der Waals surface area contributed by atoms with Gasteiger partial charge < -0.3 is 9.88 Å². The SMILES string of the molecule is CC(=O)c1c(C)nn(CC(=O)NC(c2ccccc2)c2nccn2C)c1C. The summed E-state index contributed by atoms with van der Waals surface area (Å²) >= 11 is 0. The Labute approximate surface area is 158 Å². The number of benzene rings is 1. The van der Waals surface area contributed by atoms with Crippen LogP contribution >= 0.6 is 0 Å². The van der Waals surface area contributed by atoms with Crippen LogP contribution in [0.4, 0.5) is 0 Å². The largest absolute Gasteiger partial charge is 0.340 e. The first-order chi connectivity index (χ1) is 12.9. The summed E-state index contributed by atoms with van der Waals surface area (Å²) in [5.74, 6) is 0.492. The van der Waals surface area contributed by atoms with Crippen LogP contribution in [0.1, 0.15) is 46.1 Å². The fraction of sp³-hybridized carbons (Fsp3) is 0.300. The Hall–Kier alpha value is -3.22. The summed E-state index contributed by atoms with van der Waals surface area (Å²) in [6.45, 7) is 5.12. The van der Waals surface area contributed by atoms with Crippen molar-refractivity contribution < 1.29 is 9.59 Å². The van der Waals surface area contributed by atoms with E-state index in [0.29, 0.717) is 17.0 Å². The summed E-state index contributed by atoms with van der Waals surface area (Å²) in [4.78, 5) is 28.9. The molecule has 0 saturated carbocycles. The lowest BCUT2D eigenvalue weighted by Gasteiger charge is -2.19. The average Bonchev–Trinajstić information content (AvgIpc) is 3.16. The van der Waals surface area contributed by atoms with Crippen molar-refractivity contribution in [1.82, 2.24) is 24.6 Å². The molecule has 0 aliphatic heterocycles. The molecule has 7 heteroatoms. The molecule has 0 bridgehead atoms. The molecule has 3 aromatic rings. The second kappa shape index (κ2) is 7.57. The maximum Gasteiger partial charge on any atom is 0.242 e. The minimum absolute atomic E-state index is 0.0354. The highest BCUT2D eigenvalue weighted by atomic mass is 16.2. The second-order valence-electron chi connectivity index (χ2n) is 6.57. The number of carbonyl (C=O) groups is 2. The van der Waals surface area contributed by atoms with Crippen LogP contribution in [0.5, 0.6) is 0 Å². The third kappa shape index (κ3) is 3.81. The van der Waals surface area contributed by atoms with Crippen molar-refractivity contribution in [2.75, 3.05) is 0 Å². The number of aromatic nitrogens is 4. The quantitative estimate of drug-likeness (QED) is 0.680. The number of ketones is 1. The lowest BCUT2D eigenvalue weighted by molar-refractivity contribution is -0.122. The van der Waals surface area contributed by atoms with Gasteiger partial charge in [-0.2, -0.15) is 5.10 Å². The van der Waals surface area contributed by atoms with Crippen LogP contribution in [0.15, 0.2) is 42.7 Å². The highest BCUT2D eigenvalue weighted by Gasteiger charge is 2.22.